The Morgan fingerprint density at radius 1 is 1.29 bits per heavy atom. The molecule has 88 valence electrons. The molecule has 0 aliphatic rings. The Morgan fingerprint density at radius 2 is 2.12 bits per heavy atom. The average molecular weight is 235 g/mol. The van der Waals surface area contributed by atoms with Gasteiger partial charge >= 0.3 is 0 Å². The Morgan fingerprint density at radius 3 is 2.82 bits per heavy atom. The van der Waals surface area contributed by atoms with E-state index in [9.17, 15) is 8.78 Å². The topological polar surface area (TPSA) is 37.8 Å². The van der Waals surface area contributed by atoms with E-state index in [0.717, 1.165) is 23.4 Å². The maximum Gasteiger partial charge on any atom is 0.168 e. The van der Waals surface area contributed by atoms with Crippen molar-refractivity contribution in [1.82, 2.24) is 9.97 Å². The minimum absolute atomic E-state index is 0.0367. The van der Waals surface area contributed by atoms with Crippen LogP contribution in [0.5, 0.6) is 0 Å². The van der Waals surface area contributed by atoms with Crippen LogP contribution in [0.25, 0.3) is 0 Å². The number of nitrogens with zero attached hydrogens (tertiary/aromatic N) is 2. The lowest BCUT2D eigenvalue weighted by molar-refractivity contribution is 0.575. The highest BCUT2D eigenvalue weighted by Crippen LogP contribution is 2.13. The van der Waals surface area contributed by atoms with Crippen molar-refractivity contribution in [2.45, 2.75) is 13.5 Å². The van der Waals surface area contributed by atoms with E-state index in [0.29, 0.717) is 6.54 Å². The summed E-state index contributed by atoms with van der Waals surface area (Å²) >= 11 is 0. The fourth-order valence-corrected chi connectivity index (χ4v) is 1.41. The van der Waals surface area contributed by atoms with E-state index >= 15 is 0 Å². The van der Waals surface area contributed by atoms with Gasteiger partial charge in [0.2, 0.25) is 0 Å². The van der Waals surface area contributed by atoms with Crippen LogP contribution < -0.4 is 5.32 Å². The second kappa shape index (κ2) is 4.86. The number of aryl methyl sites for hydroxylation is 1. The standard InChI is InChI=1S/C12H11F2N3/c1-8-2-3-15-5-9(8)6-16-12-11(14)4-10(13)7-17-12/h2-5,7H,6H2,1H3,(H,16,17). The number of pyridine rings is 2. The molecule has 0 unspecified atom stereocenters. The molecule has 2 heterocycles. The van der Waals surface area contributed by atoms with Crippen LogP contribution >= 0.6 is 0 Å². The summed E-state index contributed by atoms with van der Waals surface area (Å²) in [4.78, 5) is 7.62. The molecule has 2 aromatic rings. The van der Waals surface area contributed by atoms with Gasteiger partial charge in [-0.05, 0) is 24.1 Å². The summed E-state index contributed by atoms with van der Waals surface area (Å²) in [7, 11) is 0. The zero-order chi connectivity index (χ0) is 12.3. The normalized spacial score (nSPS) is 10.3. The van der Waals surface area contributed by atoms with E-state index < -0.39 is 11.6 Å². The van der Waals surface area contributed by atoms with Crippen molar-refractivity contribution < 1.29 is 8.78 Å². The minimum atomic E-state index is -0.702. The number of hydrogen-bond donors (Lipinski definition) is 1. The van der Waals surface area contributed by atoms with E-state index in [2.05, 4.69) is 15.3 Å². The first-order valence-corrected chi connectivity index (χ1v) is 5.11. The maximum absolute atomic E-state index is 13.3. The molecule has 5 heteroatoms. The zero-order valence-electron chi connectivity index (χ0n) is 9.24. The summed E-state index contributed by atoms with van der Waals surface area (Å²) in [6.45, 7) is 2.34. The van der Waals surface area contributed by atoms with E-state index in [1.54, 1.807) is 12.4 Å². The van der Waals surface area contributed by atoms with Crippen LogP contribution in [0.15, 0.2) is 30.7 Å². The molecule has 0 aromatic carbocycles. The third-order valence-electron chi connectivity index (χ3n) is 2.40. The highest BCUT2D eigenvalue weighted by atomic mass is 19.1. The third-order valence-corrected chi connectivity index (χ3v) is 2.40. The van der Waals surface area contributed by atoms with Crippen molar-refractivity contribution in [2.24, 2.45) is 0 Å². The Labute approximate surface area is 97.5 Å². The highest BCUT2D eigenvalue weighted by Gasteiger charge is 2.05. The van der Waals surface area contributed by atoms with E-state index in [4.69, 9.17) is 0 Å². The molecule has 0 amide bonds. The van der Waals surface area contributed by atoms with Crippen LogP contribution in [0.1, 0.15) is 11.1 Å². The van der Waals surface area contributed by atoms with E-state index in [1.807, 2.05) is 13.0 Å². The van der Waals surface area contributed by atoms with Crippen molar-refractivity contribution in [1.29, 1.82) is 0 Å². The number of anilines is 1. The van der Waals surface area contributed by atoms with Gasteiger partial charge in [0, 0.05) is 25.0 Å². The molecule has 0 fully saturated rings. The van der Waals surface area contributed by atoms with Gasteiger partial charge in [0.15, 0.2) is 11.6 Å². The molecule has 2 rings (SSSR count). The van der Waals surface area contributed by atoms with Gasteiger partial charge in [-0.3, -0.25) is 4.98 Å². The Bertz CT molecular complexity index is 529. The molecule has 0 radical (unpaired) electrons. The lowest BCUT2D eigenvalue weighted by Gasteiger charge is -2.08. The number of hydrogen-bond acceptors (Lipinski definition) is 3. The van der Waals surface area contributed by atoms with Crippen LogP contribution in [0, 0.1) is 18.6 Å². The fraction of sp³-hybridized carbons (Fsp3) is 0.167. The van der Waals surface area contributed by atoms with Crippen LogP contribution in [0.2, 0.25) is 0 Å². The second-order valence-corrected chi connectivity index (χ2v) is 3.64. The Balaban J connectivity index is 2.10. The summed E-state index contributed by atoms with van der Waals surface area (Å²) in [6, 6.07) is 2.66. The molecule has 0 aliphatic carbocycles. The Hall–Kier alpha value is -2.04. The molecular weight excluding hydrogens is 224 g/mol. The van der Waals surface area contributed by atoms with Crippen molar-refractivity contribution >= 4 is 5.82 Å². The predicted molar refractivity (Wildman–Crippen MR) is 60.5 cm³/mol. The molecule has 2 aromatic heterocycles. The number of rotatable bonds is 3. The van der Waals surface area contributed by atoms with Crippen molar-refractivity contribution in [3.8, 4) is 0 Å². The SMILES string of the molecule is Cc1ccncc1CNc1ncc(F)cc1F. The van der Waals surface area contributed by atoms with Gasteiger partial charge in [0.05, 0.1) is 6.20 Å². The Kier molecular flexibility index (Phi) is 3.27. The molecule has 0 spiro atoms. The summed E-state index contributed by atoms with van der Waals surface area (Å²) in [5.74, 6) is -1.35. The minimum Gasteiger partial charge on any atom is -0.363 e. The molecule has 0 aliphatic heterocycles. The first-order valence-electron chi connectivity index (χ1n) is 5.11. The number of halogens is 2. The van der Waals surface area contributed by atoms with Gasteiger partial charge in [0.1, 0.15) is 5.82 Å². The summed E-state index contributed by atoms with van der Waals surface area (Å²) < 4.78 is 25.9. The first kappa shape index (κ1) is 11.4. The smallest absolute Gasteiger partial charge is 0.168 e. The molecule has 17 heavy (non-hydrogen) atoms. The molecule has 0 saturated heterocycles. The molecule has 3 nitrogen and oxygen atoms in total. The molecule has 0 atom stereocenters. The van der Waals surface area contributed by atoms with Crippen molar-refractivity contribution in [3.63, 3.8) is 0 Å². The maximum atomic E-state index is 13.3. The van der Waals surface area contributed by atoms with Crippen LogP contribution in [0.3, 0.4) is 0 Å². The number of aromatic nitrogens is 2. The van der Waals surface area contributed by atoms with Gasteiger partial charge in [-0.2, -0.15) is 0 Å². The van der Waals surface area contributed by atoms with Gasteiger partial charge in [-0.15, -0.1) is 0 Å². The van der Waals surface area contributed by atoms with Gasteiger partial charge < -0.3 is 5.32 Å². The van der Waals surface area contributed by atoms with E-state index in [1.165, 1.54) is 0 Å². The van der Waals surface area contributed by atoms with Gasteiger partial charge in [-0.1, -0.05) is 0 Å². The summed E-state index contributed by atoms with van der Waals surface area (Å²) in [6.07, 6.45) is 4.36. The van der Waals surface area contributed by atoms with Crippen molar-refractivity contribution in [2.75, 3.05) is 5.32 Å². The molecule has 0 bridgehead atoms. The lowest BCUT2D eigenvalue weighted by Crippen LogP contribution is -2.05. The molecular formula is C12H11F2N3. The van der Waals surface area contributed by atoms with Crippen molar-refractivity contribution in [3.05, 3.63) is 53.5 Å². The first-order chi connectivity index (χ1) is 8.16. The number of nitrogens with one attached hydrogen (secondary N) is 1. The summed E-state index contributed by atoms with van der Waals surface area (Å²) in [5, 5.41) is 2.80. The highest BCUT2D eigenvalue weighted by molar-refractivity contribution is 5.37. The third kappa shape index (κ3) is 2.75. The van der Waals surface area contributed by atoms with E-state index in [-0.39, 0.29) is 5.82 Å². The largest absolute Gasteiger partial charge is 0.363 e. The van der Waals surface area contributed by atoms with Crippen LogP contribution in [-0.2, 0) is 6.54 Å². The van der Waals surface area contributed by atoms with Gasteiger partial charge in [0.25, 0.3) is 0 Å². The lowest BCUT2D eigenvalue weighted by atomic mass is 10.1. The van der Waals surface area contributed by atoms with Gasteiger partial charge in [-0.25, -0.2) is 13.8 Å². The average Bonchev–Trinajstić information content (AvgIpc) is 2.30. The van der Waals surface area contributed by atoms with Crippen LogP contribution in [-0.4, -0.2) is 9.97 Å². The fourth-order valence-electron chi connectivity index (χ4n) is 1.41. The van der Waals surface area contributed by atoms with Crippen LogP contribution in [0.4, 0.5) is 14.6 Å². The summed E-state index contributed by atoms with van der Waals surface area (Å²) in [5.41, 5.74) is 1.99. The zero-order valence-corrected chi connectivity index (χ0v) is 9.24. The second-order valence-electron chi connectivity index (χ2n) is 3.64. The molecule has 0 saturated carbocycles. The monoisotopic (exact) mass is 235 g/mol. The molecule has 1 N–H and O–H groups in total. The predicted octanol–water partition coefficient (Wildman–Crippen LogP) is 2.68. The quantitative estimate of drug-likeness (QED) is 0.888.